The fraction of sp³-hybridized carbons (Fsp3) is 0.120. The van der Waals surface area contributed by atoms with Gasteiger partial charge < -0.3 is 0 Å². The second-order valence-corrected chi connectivity index (χ2v) is 8.85. The highest BCUT2D eigenvalue weighted by atomic mass is 32.2. The van der Waals surface area contributed by atoms with Gasteiger partial charge in [-0.05, 0) is 72.9 Å². The number of benzene rings is 2. The van der Waals surface area contributed by atoms with E-state index in [1.165, 1.54) is 6.92 Å². The topological polar surface area (TPSA) is 89.2 Å². The summed E-state index contributed by atoms with van der Waals surface area (Å²) in [6.07, 6.45) is -3.93. The standard InChI is InChI=1S/C25H16F3N5S/c1-14-8-17(13-30)11-19-18-10-16(12-29)6-7-20(18)33(24(14)19)22-4-3-5-23(32-22)34-15(2)9-21(31)25(26,27)28/h3-11,31H,1-2H3/b15-9+,31-21?. The average molecular weight is 475 g/mol. The Bertz CT molecular complexity index is 1580. The lowest BCUT2D eigenvalue weighted by molar-refractivity contribution is -0.0584. The fourth-order valence-corrected chi connectivity index (χ4v) is 4.58. The number of hydrogen-bond acceptors (Lipinski definition) is 5. The first kappa shape index (κ1) is 23.1. The molecule has 34 heavy (non-hydrogen) atoms. The number of nitrogens with one attached hydrogen (secondary N) is 1. The molecule has 0 saturated carbocycles. The number of thioether (sulfide) groups is 1. The van der Waals surface area contributed by atoms with E-state index in [4.69, 9.17) is 5.41 Å². The number of alkyl halides is 3. The van der Waals surface area contributed by atoms with Gasteiger partial charge in [-0.1, -0.05) is 17.8 Å². The summed E-state index contributed by atoms with van der Waals surface area (Å²) in [5.41, 5.74) is 2.01. The second kappa shape index (κ2) is 8.69. The zero-order valence-electron chi connectivity index (χ0n) is 18.0. The van der Waals surface area contributed by atoms with E-state index in [0.717, 1.165) is 45.2 Å². The molecule has 0 aliphatic heterocycles. The van der Waals surface area contributed by atoms with Crippen LogP contribution in [0.25, 0.3) is 27.6 Å². The van der Waals surface area contributed by atoms with Crippen LogP contribution in [0.3, 0.4) is 0 Å². The van der Waals surface area contributed by atoms with Crippen molar-refractivity contribution in [2.24, 2.45) is 0 Å². The number of pyridine rings is 1. The summed E-state index contributed by atoms with van der Waals surface area (Å²) >= 11 is 1.04. The summed E-state index contributed by atoms with van der Waals surface area (Å²) in [7, 11) is 0. The summed E-state index contributed by atoms with van der Waals surface area (Å²) in [6.45, 7) is 3.38. The van der Waals surface area contributed by atoms with Crippen LogP contribution in [0, 0.1) is 35.0 Å². The molecule has 5 nitrogen and oxygen atoms in total. The molecule has 2 aromatic carbocycles. The summed E-state index contributed by atoms with van der Waals surface area (Å²) < 4.78 is 40.0. The van der Waals surface area contributed by atoms with Crippen LogP contribution >= 0.6 is 11.8 Å². The van der Waals surface area contributed by atoms with E-state index in [1.807, 2.05) is 17.6 Å². The molecule has 4 aromatic rings. The van der Waals surface area contributed by atoms with Crippen molar-refractivity contribution in [3.8, 4) is 18.0 Å². The molecule has 2 heterocycles. The van der Waals surface area contributed by atoms with Gasteiger partial charge in [-0.25, -0.2) is 4.98 Å². The van der Waals surface area contributed by atoms with E-state index in [1.54, 1.807) is 42.5 Å². The Morgan fingerprint density at radius 1 is 1.06 bits per heavy atom. The minimum absolute atomic E-state index is 0.280. The average Bonchev–Trinajstić information content (AvgIpc) is 3.12. The van der Waals surface area contributed by atoms with Crippen molar-refractivity contribution in [2.75, 3.05) is 0 Å². The van der Waals surface area contributed by atoms with Crippen LogP contribution in [0.5, 0.6) is 0 Å². The Morgan fingerprint density at radius 3 is 2.44 bits per heavy atom. The highest BCUT2D eigenvalue weighted by molar-refractivity contribution is 8.03. The minimum atomic E-state index is -4.71. The molecule has 0 amide bonds. The molecule has 0 radical (unpaired) electrons. The highest BCUT2D eigenvalue weighted by Gasteiger charge is 2.32. The van der Waals surface area contributed by atoms with Crippen molar-refractivity contribution in [1.82, 2.24) is 9.55 Å². The molecule has 0 bridgehead atoms. The van der Waals surface area contributed by atoms with Crippen LogP contribution in [0.4, 0.5) is 13.2 Å². The fourth-order valence-electron chi connectivity index (χ4n) is 3.79. The Balaban J connectivity index is 1.89. The molecule has 4 rings (SSSR count). The quantitative estimate of drug-likeness (QED) is 0.259. The second-order valence-electron chi connectivity index (χ2n) is 7.58. The van der Waals surface area contributed by atoms with Gasteiger partial charge in [-0.2, -0.15) is 23.7 Å². The van der Waals surface area contributed by atoms with Gasteiger partial charge in [0, 0.05) is 10.8 Å². The van der Waals surface area contributed by atoms with Crippen molar-refractivity contribution in [2.45, 2.75) is 25.0 Å². The van der Waals surface area contributed by atoms with Gasteiger partial charge >= 0.3 is 6.18 Å². The Kier molecular flexibility index (Phi) is 5.90. The van der Waals surface area contributed by atoms with Gasteiger partial charge in [-0.3, -0.25) is 9.98 Å². The lowest BCUT2D eigenvalue weighted by atomic mass is 10.0. The monoisotopic (exact) mass is 475 g/mol. The van der Waals surface area contributed by atoms with Crippen LogP contribution in [0.1, 0.15) is 23.6 Å². The molecule has 1 N–H and O–H groups in total. The smallest absolute Gasteiger partial charge is 0.296 e. The molecule has 0 atom stereocenters. The van der Waals surface area contributed by atoms with E-state index >= 15 is 0 Å². The van der Waals surface area contributed by atoms with Crippen molar-refractivity contribution < 1.29 is 13.2 Å². The van der Waals surface area contributed by atoms with Crippen molar-refractivity contribution >= 4 is 39.3 Å². The molecule has 168 valence electrons. The normalized spacial score (nSPS) is 12.0. The number of hydrogen-bond donors (Lipinski definition) is 1. The third-order valence-electron chi connectivity index (χ3n) is 5.17. The summed E-state index contributed by atoms with van der Waals surface area (Å²) in [5.74, 6) is 0.543. The summed E-state index contributed by atoms with van der Waals surface area (Å²) in [6, 6.07) is 18.4. The van der Waals surface area contributed by atoms with Crippen LogP contribution in [-0.2, 0) is 0 Å². The Hall–Kier alpha value is -4.08. The zero-order valence-corrected chi connectivity index (χ0v) is 18.8. The van der Waals surface area contributed by atoms with Gasteiger partial charge in [0.15, 0.2) is 0 Å². The van der Waals surface area contributed by atoms with E-state index in [0.29, 0.717) is 22.0 Å². The zero-order chi connectivity index (χ0) is 24.6. The first-order valence-electron chi connectivity index (χ1n) is 10.0. The number of allylic oxidation sites excluding steroid dienone is 2. The predicted octanol–water partition coefficient (Wildman–Crippen LogP) is 6.81. The van der Waals surface area contributed by atoms with Crippen molar-refractivity contribution in [3.63, 3.8) is 0 Å². The van der Waals surface area contributed by atoms with Crippen LogP contribution < -0.4 is 0 Å². The van der Waals surface area contributed by atoms with Crippen molar-refractivity contribution in [1.29, 1.82) is 15.9 Å². The van der Waals surface area contributed by atoms with Crippen molar-refractivity contribution in [3.05, 3.63) is 76.2 Å². The van der Waals surface area contributed by atoms with E-state index in [9.17, 15) is 23.7 Å². The number of nitriles is 2. The number of aryl methyl sites for hydroxylation is 1. The van der Waals surface area contributed by atoms with Crippen LogP contribution in [-0.4, -0.2) is 21.4 Å². The molecule has 0 unspecified atom stereocenters. The molecule has 0 saturated heterocycles. The maximum absolute atomic E-state index is 12.7. The first-order valence-corrected chi connectivity index (χ1v) is 10.8. The third-order valence-corrected chi connectivity index (χ3v) is 6.04. The molecular formula is C25H16F3N5S. The van der Waals surface area contributed by atoms with E-state index in [2.05, 4.69) is 17.1 Å². The van der Waals surface area contributed by atoms with Gasteiger partial charge in [-0.15, -0.1) is 0 Å². The number of nitrogens with zero attached hydrogens (tertiary/aromatic N) is 4. The van der Waals surface area contributed by atoms with Gasteiger partial charge in [0.1, 0.15) is 16.6 Å². The van der Waals surface area contributed by atoms with Gasteiger partial charge in [0.05, 0.1) is 34.3 Å². The molecule has 0 aliphatic carbocycles. The largest absolute Gasteiger partial charge is 0.432 e. The molecule has 0 aliphatic rings. The van der Waals surface area contributed by atoms with E-state index in [-0.39, 0.29) is 4.91 Å². The molecule has 0 spiro atoms. The Morgan fingerprint density at radius 2 is 1.76 bits per heavy atom. The lowest BCUT2D eigenvalue weighted by Crippen LogP contribution is -2.19. The number of halogens is 3. The first-order chi connectivity index (χ1) is 16.1. The molecular weight excluding hydrogens is 459 g/mol. The molecule has 2 aromatic heterocycles. The lowest BCUT2D eigenvalue weighted by Gasteiger charge is -2.11. The van der Waals surface area contributed by atoms with E-state index < -0.39 is 11.9 Å². The number of aromatic nitrogens is 2. The maximum atomic E-state index is 12.7. The summed E-state index contributed by atoms with van der Waals surface area (Å²) in [5, 5.41) is 28.0. The number of fused-ring (bicyclic) bond motifs is 3. The molecule has 9 heteroatoms. The van der Waals surface area contributed by atoms with Gasteiger partial charge in [0.25, 0.3) is 0 Å². The maximum Gasteiger partial charge on any atom is 0.432 e. The molecule has 0 fully saturated rings. The Labute approximate surface area is 197 Å². The SMILES string of the molecule is C/C(=C\C(=N)C(F)(F)F)Sc1cccc(-n2c3ccc(C#N)cc3c3cc(C#N)cc(C)c32)n1. The third kappa shape index (κ3) is 4.26. The van der Waals surface area contributed by atoms with Crippen LogP contribution in [0.15, 0.2) is 64.5 Å². The van der Waals surface area contributed by atoms with Gasteiger partial charge in [0.2, 0.25) is 0 Å². The highest BCUT2D eigenvalue weighted by Crippen LogP contribution is 2.36. The van der Waals surface area contributed by atoms with Crippen LogP contribution in [0.2, 0.25) is 0 Å². The summed E-state index contributed by atoms with van der Waals surface area (Å²) in [4.78, 5) is 4.93. The predicted molar refractivity (Wildman–Crippen MR) is 126 cm³/mol. The number of rotatable bonds is 4. The minimum Gasteiger partial charge on any atom is -0.296 e.